The molecule has 2 rings (SSSR count). The number of aromatic nitrogens is 1. The zero-order chi connectivity index (χ0) is 13.9. The summed E-state index contributed by atoms with van der Waals surface area (Å²) in [6, 6.07) is 7.91. The molecule has 0 atom stereocenters. The average Bonchev–Trinajstić information content (AvgIpc) is 2.37. The van der Waals surface area contributed by atoms with E-state index in [1.165, 1.54) is 36.7 Å². The molecule has 98 valence electrons. The van der Waals surface area contributed by atoms with Crippen LogP contribution in [0.15, 0.2) is 48.8 Å². The summed E-state index contributed by atoms with van der Waals surface area (Å²) in [7, 11) is 0. The monoisotopic (exact) mass is 267 g/mol. The second-order valence-electron chi connectivity index (χ2n) is 3.64. The molecule has 19 heavy (non-hydrogen) atoms. The lowest BCUT2D eigenvalue weighted by atomic mass is 10.0. The minimum atomic E-state index is -4.78. The van der Waals surface area contributed by atoms with E-state index in [9.17, 15) is 18.0 Å². The molecular weight excluding hydrogens is 259 g/mol. The predicted molar refractivity (Wildman–Crippen MR) is 60.8 cm³/mol. The molecule has 0 N–H and O–H groups in total. The van der Waals surface area contributed by atoms with Gasteiger partial charge >= 0.3 is 6.36 Å². The van der Waals surface area contributed by atoms with Gasteiger partial charge in [0.1, 0.15) is 5.75 Å². The second-order valence-corrected chi connectivity index (χ2v) is 3.64. The SMILES string of the molecule is O=C(c1ccncc1)c1cccc(OC(F)(F)F)c1. The van der Waals surface area contributed by atoms with E-state index in [2.05, 4.69) is 9.72 Å². The fourth-order valence-corrected chi connectivity index (χ4v) is 1.50. The molecule has 0 aliphatic rings. The molecule has 0 fully saturated rings. The first-order valence-corrected chi connectivity index (χ1v) is 5.26. The Labute approximate surface area is 106 Å². The van der Waals surface area contributed by atoms with E-state index in [0.29, 0.717) is 5.56 Å². The van der Waals surface area contributed by atoms with Gasteiger partial charge in [0.05, 0.1) is 0 Å². The highest BCUT2D eigenvalue weighted by Crippen LogP contribution is 2.24. The molecule has 1 aromatic carbocycles. The lowest BCUT2D eigenvalue weighted by Crippen LogP contribution is -2.17. The lowest BCUT2D eigenvalue weighted by molar-refractivity contribution is -0.274. The van der Waals surface area contributed by atoms with Crippen LogP contribution in [0.1, 0.15) is 15.9 Å². The Morgan fingerprint density at radius 2 is 1.74 bits per heavy atom. The van der Waals surface area contributed by atoms with Crippen molar-refractivity contribution in [2.75, 3.05) is 0 Å². The summed E-state index contributed by atoms with van der Waals surface area (Å²) in [5, 5.41) is 0. The van der Waals surface area contributed by atoms with Crippen LogP contribution in [0.2, 0.25) is 0 Å². The first kappa shape index (κ1) is 13.1. The zero-order valence-corrected chi connectivity index (χ0v) is 9.52. The lowest BCUT2D eigenvalue weighted by Gasteiger charge is -2.09. The molecule has 0 aliphatic carbocycles. The molecular formula is C13H8F3NO2. The summed E-state index contributed by atoms with van der Waals surface area (Å²) in [6.45, 7) is 0. The third-order valence-electron chi connectivity index (χ3n) is 2.27. The number of rotatable bonds is 3. The van der Waals surface area contributed by atoms with Gasteiger partial charge in [-0.3, -0.25) is 9.78 Å². The Balaban J connectivity index is 2.27. The number of carbonyl (C=O) groups is 1. The first-order chi connectivity index (χ1) is 8.96. The van der Waals surface area contributed by atoms with Gasteiger partial charge in [-0.05, 0) is 24.3 Å². The van der Waals surface area contributed by atoms with Crippen LogP contribution in [-0.4, -0.2) is 17.1 Å². The summed E-state index contributed by atoms with van der Waals surface area (Å²) in [4.78, 5) is 15.8. The van der Waals surface area contributed by atoms with Crippen molar-refractivity contribution in [3.63, 3.8) is 0 Å². The van der Waals surface area contributed by atoms with Gasteiger partial charge in [-0.25, -0.2) is 0 Å². The van der Waals surface area contributed by atoms with Crippen molar-refractivity contribution < 1.29 is 22.7 Å². The van der Waals surface area contributed by atoms with Crippen LogP contribution >= 0.6 is 0 Å². The number of pyridine rings is 1. The van der Waals surface area contributed by atoms with Gasteiger partial charge in [0.25, 0.3) is 0 Å². The van der Waals surface area contributed by atoms with Crippen molar-refractivity contribution >= 4 is 5.78 Å². The quantitative estimate of drug-likeness (QED) is 0.801. The molecule has 0 bridgehead atoms. The van der Waals surface area contributed by atoms with Crippen molar-refractivity contribution in [1.82, 2.24) is 4.98 Å². The van der Waals surface area contributed by atoms with Gasteiger partial charge in [0, 0.05) is 23.5 Å². The standard InChI is InChI=1S/C13H8F3NO2/c14-13(15,16)19-11-3-1-2-10(8-11)12(18)9-4-6-17-7-5-9/h1-8H. The molecule has 0 spiro atoms. The Kier molecular flexibility index (Phi) is 3.50. The number of hydrogen-bond acceptors (Lipinski definition) is 3. The van der Waals surface area contributed by atoms with Gasteiger partial charge in [-0.1, -0.05) is 12.1 Å². The van der Waals surface area contributed by atoms with Crippen molar-refractivity contribution in [2.45, 2.75) is 6.36 Å². The summed E-state index contributed by atoms with van der Waals surface area (Å²) in [5.41, 5.74) is 0.465. The Hall–Kier alpha value is -2.37. The van der Waals surface area contributed by atoms with Crippen molar-refractivity contribution in [2.24, 2.45) is 0 Å². The molecule has 6 heteroatoms. The van der Waals surface area contributed by atoms with Crippen molar-refractivity contribution in [3.8, 4) is 5.75 Å². The van der Waals surface area contributed by atoms with E-state index >= 15 is 0 Å². The fourth-order valence-electron chi connectivity index (χ4n) is 1.50. The van der Waals surface area contributed by atoms with E-state index in [1.807, 2.05) is 0 Å². The maximum atomic E-state index is 12.1. The summed E-state index contributed by atoms with van der Waals surface area (Å²) in [6.07, 6.45) is -1.91. The van der Waals surface area contributed by atoms with Crippen LogP contribution in [0.4, 0.5) is 13.2 Å². The molecule has 0 saturated carbocycles. The maximum absolute atomic E-state index is 12.1. The van der Waals surface area contributed by atoms with Crippen LogP contribution < -0.4 is 4.74 Å². The van der Waals surface area contributed by atoms with Gasteiger partial charge < -0.3 is 4.74 Å². The van der Waals surface area contributed by atoms with Crippen LogP contribution in [-0.2, 0) is 0 Å². The van der Waals surface area contributed by atoms with Gasteiger partial charge in [0.15, 0.2) is 5.78 Å². The number of ether oxygens (including phenoxy) is 1. The fraction of sp³-hybridized carbons (Fsp3) is 0.0769. The topological polar surface area (TPSA) is 39.2 Å². The number of hydrogen-bond donors (Lipinski definition) is 0. The third-order valence-corrected chi connectivity index (χ3v) is 2.27. The van der Waals surface area contributed by atoms with E-state index in [0.717, 1.165) is 12.1 Å². The van der Waals surface area contributed by atoms with Crippen LogP contribution in [0.5, 0.6) is 5.75 Å². The molecule has 1 heterocycles. The average molecular weight is 267 g/mol. The molecule has 0 saturated heterocycles. The molecule has 0 radical (unpaired) electrons. The normalized spacial score (nSPS) is 11.1. The Bertz CT molecular complexity index is 582. The van der Waals surface area contributed by atoms with E-state index < -0.39 is 17.9 Å². The highest BCUT2D eigenvalue weighted by molar-refractivity contribution is 6.09. The summed E-state index contributed by atoms with van der Waals surface area (Å²) in [5.74, 6) is -0.817. The number of benzene rings is 1. The first-order valence-electron chi connectivity index (χ1n) is 5.26. The molecule has 1 aromatic heterocycles. The molecule has 0 aliphatic heterocycles. The van der Waals surface area contributed by atoms with Gasteiger partial charge in [0.2, 0.25) is 0 Å². The largest absolute Gasteiger partial charge is 0.573 e. The Morgan fingerprint density at radius 3 is 2.37 bits per heavy atom. The minimum Gasteiger partial charge on any atom is -0.406 e. The highest BCUT2D eigenvalue weighted by Gasteiger charge is 2.31. The van der Waals surface area contributed by atoms with Crippen LogP contribution in [0.3, 0.4) is 0 Å². The third kappa shape index (κ3) is 3.54. The highest BCUT2D eigenvalue weighted by atomic mass is 19.4. The number of halogens is 3. The Morgan fingerprint density at radius 1 is 1.05 bits per heavy atom. The zero-order valence-electron chi connectivity index (χ0n) is 9.52. The molecule has 0 amide bonds. The van der Waals surface area contributed by atoms with Crippen molar-refractivity contribution in [3.05, 3.63) is 59.9 Å². The van der Waals surface area contributed by atoms with E-state index in [-0.39, 0.29) is 5.56 Å². The summed E-state index contributed by atoms with van der Waals surface area (Å²) < 4.78 is 40.0. The van der Waals surface area contributed by atoms with Crippen LogP contribution in [0.25, 0.3) is 0 Å². The molecule has 3 nitrogen and oxygen atoms in total. The van der Waals surface area contributed by atoms with E-state index in [1.54, 1.807) is 0 Å². The number of alkyl halides is 3. The maximum Gasteiger partial charge on any atom is 0.573 e. The minimum absolute atomic E-state index is 0.118. The molecule has 2 aromatic rings. The smallest absolute Gasteiger partial charge is 0.406 e. The van der Waals surface area contributed by atoms with E-state index in [4.69, 9.17) is 0 Å². The number of carbonyl (C=O) groups excluding carboxylic acids is 1. The van der Waals surface area contributed by atoms with Crippen LogP contribution in [0, 0.1) is 0 Å². The van der Waals surface area contributed by atoms with Gasteiger partial charge in [-0.2, -0.15) is 0 Å². The second kappa shape index (κ2) is 5.09. The predicted octanol–water partition coefficient (Wildman–Crippen LogP) is 3.21. The summed E-state index contributed by atoms with van der Waals surface area (Å²) >= 11 is 0. The number of nitrogens with zero attached hydrogens (tertiary/aromatic N) is 1. The van der Waals surface area contributed by atoms with Crippen molar-refractivity contribution in [1.29, 1.82) is 0 Å². The van der Waals surface area contributed by atoms with Gasteiger partial charge in [-0.15, -0.1) is 13.2 Å². The molecule has 0 unspecified atom stereocenters. The number of ketones is 1.